The highest BCUT2D eigenvalue weighted by Gasteiger charge is 2.52. The fourth-order valence-corrected chi connectivity index (χ4v) is 4.21. The van der Waals surface area contributed by atoms with Gasteiger partial charge < -0.3 is 14.6 Å². The Kier molecular flexibility index (Phi) is 4.64. The molecule has 2 heterocycles. The zero-order valence-electron chi connectivity index (χ0n) is 14.3. The van der Waals surface area contributed by atoms with Crippen molar-refractivity contribution in [3.05, 3.63) is 65.5 Å². The molecule has 26 heavy (non-hydrogen) atoms. The standard InChI is InChI=1S/C21H21FO4/c22-15-6-7-17(25-12-13-4-2-1-3-5-13)14(10-15)11-16-18-8-9-19(26-18)20(16)21(23)24/h1-7,10,16,18-20H,8-9,11-12H2,(H,23,24). The lowest BCUT2D eigenvalue weighted by Crippen LogP contribution is -2.34. The van der Waals surface area contributed by atoms with Gasteiger partial charge in [0.15, 0.2) is 0 Å². The quantitative estimate of drug-likeness (QED) is 0.855. The number of ether oxygens (including phenoxy) is 2. The van der Waals surface area contributed by atoms with Gasteiger partial charge in [-0.2, -0.15) is 0 Å². The predicted molar refractivity (Wildman–Crippen MR) is 93.4 cm³/mol. The molecular formula is C21H21FO4. The first-order chi connectivity index (χ1) is 12.6. The number of hydrogen-bond donors (Lipinski definition) is 1. The Bertz CT molecular complexity index is 792. The van der Waals surface area contributed by atoms with Crippen LogP contribution in [0, 0.1) is 17.7 Å². The molecule has 1 N–H and O–H groups in total. The summed E-state index contributed by atoms with van der Waals surface area (Å²) in [5.41, 5.74) is 1.72. The first-order valence-electron chi connectivity index (χ1n) is 8.95. The number of carbonyl (C=O) groups is 1. The number of rotatable bonds is 6. The lowest BCUT2D eigenvalue weighted by molar-refractivity contribution is -0.144. The highest BCUT2D eigenvalue weighted by molar-refractivity contribution is 5.72. The Labute approximate surface area is 151 Å². The van der Waals surface area contributed by atoms with E-state index in [9.17, 15) is 14.3 Å². The summed E-state index contributed by atoms with van der Waals surface area (Å²) in [5.74, 6) is -1.25. The minimum atomic E-state index is -0.828. The molecule has 2 bridgehead atoms. The molecule has 2 aliphatic rings. The molecule has 2 aliphatic heterocycles. The lowest BCUT2D eigenvalue weighted by atomic mass is 9.76. The Balaban J connectivity index is 1.54. The van der Waals surface area contributed by atoms with E-state index in [1.54, 1.807) is 6.07 Å². The summed E-state index contributed by atoms with van der Waals surface area (Å²) < 4.78 is 25.5. The van der Waals surface area contributed by atoms with Crippen molar-refractivity contribution in [1.82, 2.24) is 0 Å². The number of hydrogen-bond acceptors (Lipinski definition) is 3. The summed E-state index contributed by atoms with van der Waals surface area (Å²) in [6.07, 6.45) is 1.82. The second-order valence-corrected chi connectivity index (χ2v) is 7.05. The van der Waals surface area contributed by atoms with Crippen molar-refractivity contribution in [2.45, 2.75) is 38.1 Å². The van der Waals surface area contributed by atoms with Crippen molar-refractivity contribution < 1.29 is 23.8 Å². The summed E-state index contributed by atoms with van der Waals surface area (Å²) in [5, 5.41) is 9.57. The molecule has 0 amide bonds. The largest absolute Gasteiger partial charge is 0.489 e. The maximum atomic E-state index is 13.8. The number of halogens is 1. The zero-order chi connectivity index (χ0) is 18.1. The van der Waals surface area contributed by atoms with E-state index in [1.165, 1.54) is 12.1 Å². The molecule has 0 saturated carbocycles. The molecule has 136 valence electrons. The van der Waals surface area contributed by atoms with Crippen molar-refractivity contribution >= 4 is 5.97 Å². The van der Waals surface area contributed by atoms with E-state index in [2.05, 4.69) is 0 Å². The number of benzene rings is 2. The monoisotopic (exact) mass is 356 g/mol. The molecule has 0 aliphatic carbocycles. The third kappa shape index (κ3) is 3.31. The molecule has 4 nitrogen and oxygen atoms in total. The van der Waals surface area contributed by atoms with Gasteiger partial charge in [0.25, 0.3) is 0 Å². The van der Waals surface area contributed by atoms with Crippen LogP contribution in [-0.4, -0.2) is 23.3 Å². The smallest absolute Gasteiger partial charge is 0.309 e. The molecule has 4 unspecified atom stereocenters. The zero-order valence-corrected chi connectivity index (χ0v) is 14.3. The average molecular weight is 356 g/mol. The number of carboxylic acids is 1. The van der Waals surface area contributed by atoms with E-state index in [4.69, 9.17) is 9.47 Å². The van der Waals surface area contributed by atoms with E-state index in [0.29, 0.717) is 24.3 Å². The van der Waals surface area contributed by atoms with Crippen LogP contribution in [0.3, 0.4) is 0 Å². The first-order valence-corrected chi connectivity index (χ1v) is 8.95. The Morgan fingerprint density at radius 1 is 1.15 bits per heavy atom. The Morgan fingerprint density at radius 2 is 1.92 bits per heavy atom. The van der Waals surface area contributed by atoms with Gasteiger partial charge in [-0.25, -0.2) is 4.39 Å². The molecule has 2 aromatic rings. The summed E-state index contributed by atoms with van der Waals surface area (Å²) in [7, 11) is 0. The molecule has 2 fully saturated rings. The highest BCUT2D eigenvalue weighted by atomic mass is 19.1. The van der Waals surface area contributed by atoms with Crippen LogP contribution in [-0.2, 0) is 22.6 Å². The van der Waals surface area contributed by atoms with Crippen molar-refractivity contribution in [3.63, 3.8) is 0 Å². The van der Waals surface area contributed by atoms with Crippen LogP contribution in [0.25, 0.3) is 0 Å². The van der Waals surface area contributed by atoms with Crippen LogP contribution in [0.4, 0.5) is 4.39 Å². The highest BCUT2D eigenvalue weighted by Crippen LogP contribution is 2.45. The summed E-state index contributed by atoms with van der Waals surface area (Å²) in [4.78, 5) is 11.7. The van der Waals surface area contributed by atoms with Gasteiger partial charge in [-0.05, 0) is 48.6 Å². The minimum Gasteiger partial charge on any atom is -0.489 e. The maximum absolute atomic E-state index is 13.8. The summed E-state index contributed by atoms with van der Waals surface area (Å²) >= 11 is 0. The van der Waals surface area contributed by atoms with Gasteiger partial charge in [0.1, 0.15) is 18.2 Å². The van der Waals surface area contributed by atoms with Gasteiger partial charge in [-0.1, -0.05) is 30.3 Å². The van der Waals surface area contributed by atoms with Crippen molar-refractivity contribution in [3.8, 4) is 5.75 Å². The van der Waals surface area contributed by atoms with Crippen LogP contribution in [0.2, 0.25) is 0 Å². The SMILES string of the molecule is O=C(O)C1C2CCC(O2)C1Cc1cc(F)ccc1OCc1ccccc1. The second-order valence-electron chi connectivity index (χ2n) is 7.05. The average Bonchev–Trinajstić information content (AvgIpc) is 3.23. The van der Waals surface area contributed by atoms with Crippen LogP contribution in [0.5, 0.6) is 5.75 Å². The lowest BCUT2D eigenvalue weighted by Gasteiger charge is -2.25. The minimum absolute atomic E-state index is 0.0636. The van der Waals surface area contributed by atoms with Gasteiger partial charge in [0, 0.05) is 5.92 Å². The van der Waals surface area contributed by atoms with E-state index in [0.717, 1.165) is 18.4 Å². The number of carboxylic acid groups (broad SMARTS) is 1. The fourth-order valence-electron chi connectivity index (χ4n) is 4.21. The normalized spacial score (nSPS) is 26.8. The first kappa shape index (κ1) is 17.0. The van der Waals surface area contributed by atoms with Crippen LogP contribution < -0.4 is 4.74 Å². The molecule has 0 aromatic heterocycles. The third-order valence-corrected chi connectivity index (χ3v) is 5.43. The molecule has 0 spiro atoms. The Morgan fingerprint density at radius 3 is 2.69 bits per heavy atom. The second kappa shape index (κ2) is 7.08. The topological polar surface area (TPSA) is 55.8 Å². The van der Waals surface area contributed by atoms with E-state index in [-0.39, 0.29) is 23.9 Å². The number of fused-ring (bicyclic) bond motifs is 2. The molecule has 2 aromatic carbocycles. The molecule has 4 atom stereocenters. The van der Waals surface area contributed by atoms with E-state index >= 15 is 0 Å². The van der Waals surface area contributed by atoms with E-state index in [1.807, 2.05) is 30.3 Å². The van der Waals surface area contributed by atoms with Crippen molar-refractivity contribution in [2.24, 2.45) is 11.8 Å². The molecule has 4 rings (SSSR count). The maximum Gasteiger partial charge on any atom is 0.309 e. The van der Waals surface area contributed by atoms with Crippen LogP contribution >= 0.6 is 0 Å². The fraction of sp³-hybridized carbons (Fsp3) is 0.381. The molecule has 5 heteroatoms. The van der Waals surface area contributed by atoms with Crippen LogP contribution in [0.1, 0.15) is 24.0 Å². The Hall–Kier alpha value is -2.40. The van der Waals surface area contributed by atoms with Gasteiger partial charge in [0.05, 0.1) is 18.1 Å². The summed E-state index contributed by atoms with van der Waals surface area (Å²) in [6.45, 7) is 0.384. The third-order valence-electron chi connectivity index (χ3n) is 5.43. The van der Waals surface area contributed by atoms with Crippen molar-refractivity contribution in [2.75, 3.05) is 0 Å². The molecule has 2 saturated heterocycles. The molecule has 0 radical (unpaired) electrons. The van der Waals surface area contributed by atoms with Gasteiger partial charge in [0.2, 0.25) is 0 Å². The number of aliphatic carboxylic acids is 1. The van der Waals surface area contributed by atoms with Gasteiger partial charge in [-0.3, -0.25) is 4.79 Å². The predicted octanol–water partition coefficient (Wildman–Crippen LogP) is 3.83. The van der Waals surface area contributed by atoms with Crippen molar-refractivity contribution in [1.29, 1.82) is 0 Å². The van der Waals surface area contributed by atoms with Gasteiger partial charge in [-0.15, -0.1) is 0 Å². The molecular weight excluding hydrogens is 335 g/mol. The van der Waals surface area contributed by atoms with E-state index < -0.39 is 11.9 Å². The summed E-state index contributed by atoms with van der Waals surface area (Å²) in [6, 6.07) is 14.2. The van der Waals surface area contributed by atoms with Crippen LogP contribution in [0.15, 0.2) is 48.5 Å². The van der Waals surface area contributed by atoms with Gasteiger partial charge >= 0.3 is 5.97 Å².